The smallest absolute Gasteiger partial charge is 0.167 e. The largest absolute Gasteiger partial charge is 0.388 e. The number of nitrogens with zero attached hydrogens (tertiary/aromatic N) is 4. The molecule has 4 atom stereocenters. The van der Waals surface area contributed by atoms with Gasteiger partial charge in [-0.25, -0.2) is 15.0 Å². The molecule has 0 spiro atoms. The third-order valence-electron chi connectivity index (χ3n) is 5.97. The van der Waals surface area contributed by atoms with Crippen molar-refractivity contribution in [3.63, 3.8) is 0 Å². The number of aryl methyl sites for hydroxylation is 1. The van der Waals surface area contributed by atoms with Gasteiger partial charge in [0, 0.05) is 10.9 Å². The number of halogens is 1. The molecule has 0 radical (unpaired) electrons. The average molecular weight is 450 g/mol. The van der Waals surface area contributed by atoms with Crippen LogP contribution in [-0.4, -0.2) is 54.1 Å². The summed E-state index contributed by atoms with van der Waals surface area (Å²) >= 11 is 7.51. The summed E-state index contributed by atoms with van der Waals surface area (Å²) in [4.78, 5) is 14.3. The Morgan fingerprint density at radius 3 is 2.77 bits per heavy atom. The van der Waals surface area contributed by atoms with Crippen LogP contribution in [0.2, 0.25) is 4.34 Å². The second kappa shape index (κ2) is 8.39. The fourth-order valence-electron chi connectivity index (χ4n) is 4.38. The van der Waals surface area contributed by atoms with E-state index in [0.717, 1.165) is 28.5 Å². The molecular formula is C20H24ClN5O3S. The van der Waals surface area contributed by atoms with Crippen LogP contribution in [0.3, 0.4) is 0 Å². The number of nitrogens with one attached hydrogen (secondary N) is 1. The molecule has 0 unspecified atom stereocenters. The van der Waals surface area contributed by atoms with E-state index in [4.69, 9.17) is 16.3 Å². The number of ether oxygens (including phenoxy) is 1. The minimum Gasteiger partial charge on any atom is -0.388 e. The van der Waals surface area contributed by atoms with Crippen molar-refractivity contribution >= 4 is 39.9 Å². The van der Waals surface area contributed by atoms with Crippen molar-refractivity contribution in [2.24, 2.45) is 0 Å². The summed E-state index contributed by atoms with van der Waals surface area (Å²) in [5.74, 6) is 0.699. The van der Waals surface area contributed by atoms with Gasteiger partial charge in [0.15, 0.2) is 23.2 Å². The first-order chi connectivity index (χ1) is 14.6. The molecule has 10 heteroatoms. The molecule has 0 aromatic carbocycles. The van der Waals surface area contributed by atoms with E-state index in [2.05, 4.69) is 20.3 Å². The molecule has 8 nitrogen and oxygen atoms in total. The van der Waals surface area contributed by atoms with Gasteiger partial charge in [-0.1, -0.05) is 24.4 Å². The van der Waals surface area contributed by atoms with Crippen LogP contribution in [0.4, 0.5) is 5.82 Å². The maximum atomic E-state index is 10.7. The van der Waals surface area contributed by atoms with Crippen LogP contribution < -0.4 is 5.32 Å². The molecule has 2 fully saturated rings. The van der Waals surface area contributed by atoms with E-state index in [1.807, 2.05) is 12.1 Å². The van der Waals surface area contributed by atoms with Crippen molar-refractivity contribution in [2.75, 3.05) is 5.32 Å². The number of thiophene rings is 1. The molecule has 160 valence electrons. The van der Waals surface area contributed by atoms with Crippen LogP contribution in [0.25, 0.3) is 11.2 Å². The molecule has 1 aliphatic heterocycles. The van der Waals surface area contributed by atoms with Crippen molar-refractivity contribution in [1.29, 1.82) is 0 Å². The zero-order valence-electron chi connectivity index (χ0n) is 16.3. The predicted molar refractivity (Wildman–Crippen MR) is 115 cm³/mol. The highest BCUT2D eigenvalue weighted by Crippen LogP contribution is 2.35. The standard InChI is InChI=1S/C20H24ClN5O3S/c21-14-8-6-12(30-14)5-7-13-16(27)17(28)20(29-13)26-10-24-15-18(22-9-23-19(15)26)25-11-3-1-2-4-11/h6,8-11,13,16-17,20,27-28H,1-5,7H2,(H,22,23,25)/t13-,16-,17-,20-/m1/s1. The second-order valence-corrected chi connectivity index (χ2v) is 9.76. The zero-order chi connectivity index (χ0) is 20.7. The Labute approximate surface area is 182 Å². The van der Waals surface area contributed by atoms with E-state index < -0.39 is 24.5 Å². The van der Waals surface area contributed by atoms with E-state index in [1.165, 1.54) is 30.5 Å². The van der Waals surface area contributed by atoms with Crippen LogP contribution >= 0.6 is 22.9 Å². The minimum absolute atomic E-state index is 0.401. The molecule has 1 aliphatic carbocycles. The van der Waals surface area contributed by atoms with Gasteiger partial charge in [0.1, 0.15) is 18.5 Å². The number of imidazole rings is 1. The summed E-state index contributed by atoms with van der Waals surface area (Å²) in [6, 6.07) is 4.24. The van der Waals surface area contributed by atoms with Gasteiger partial charge in [0.2, 0.25) is 0 Å². The van der Waals surface area contributed by atoms with E-state index in [9.17, 15) is 10.2 Å². The van der Waals surface area contributed by atoms with Crippen molar-refractivity contribution < 1.29 is 14.9 Å². The Balaban J connectivity index is 1.34. The normalized spacial score (nSPS) is 27.3. The number of aliphatic hydroxyl groups is 2. The van der Waals surface area contributed by atoms with Crippen molar-refractivity contribution in [1.82, 2.24) is 19.5 Å². The summed E-state index contributed by atoms with van der Waals surface area (Å²) in [6.45, 7) is 0. The monoisotopic (exact) mass is 449 g/mol. The highest BCUT2D eigenvalue weighted by Gasteiger charge is 2.44. The summed E-state index contributed by atoms with van der Waals surface area (Å²) in [7, 11) is 0. The fourth-order valence-corrected chi connectivity index (χ4v) is 5.48. The molecule has 3 aromatic rings. The van der Waals surface area contributed by atoms with Crippen molar-refractivity contribution in [3.8, 4) is 0 Å². The number of aromatic nitrogens is 4. The van der Waals surface area contributed by atoms with E-state index in [0.29, 0.717) is 29.4 Å². The van der Waals surface area contributed by atoms with Gasteiger partial charge in [-0.3, -0.25) is 4.57 Å². The van der Waals surface area contributed by atoms with Gasteiger partial charge in [-0.2, -0.15) is 0 Å². The van der Waals surface area contributed by atoms with E-state index in [1.54, 1.807) is 10.9 Å². The quantitative estimate of drug-likeness (QED) is 0.530. The number of fused-ring (bicyclic) bond motifs is 1. The van der Waals surface area contributed by atoms with Crippen LogP contribution in [0.1, 0.15) is 43.2 Å². The lowest BCUT2D eigenvalue weighted by atomic mass is 10.1. The third-order valence-corrected chi connectivity index (χ3v) is 7.26. The highest BCUT2D eigenvalue weighted by atomic mass is 35.5. The highest BCUT2D eigenvalue weighted by molar-refractivity contribution is 7.16. The number of aliphatic hydroxyl groups excluding tert-OH is 2. The Morgan fingerprint density at radius 2 is 2.00 bits per heavy atom. The van der Waals surface area contributed by atoms with E-state index in [-0.39, 0.29) is 0 Å². The third kappa shape index (κ3) is 3.80. The molecule has 30 heavy (non-hydrogen) atoms. The molecule has 0 bridgehead atoms. The number of hydrogen-bond donors (Lipinski definition) is 3. The fraction of sp³-hybridized carbons (Fsp3) is 0.550. The summed E-state index contributed by atoms with van der Waals surface area (Å²) in [5, 5.41) is 24.7. The molecule has 3 aromatic heterocycles. The van der Waals surface area contributed by atoms with E-state index >= 15 is 0 Å². The Morgan fingerprint density at radius 1 is 1.17 bits per heavy atom. The van der Waals surface area contributed by atoms with Gasteiger partial charge in [0.05, 0.1) is 16.8 Å². The summed E-state index contributed by atoms with van der Waals surface area (Å²) < 4.78 is 8.48. The lowest BCUT2D eigenvalue weighted by Crippen LogP contribution is -2.31. The van der Waals surface area contributed by atoms with Crippen LogP contribution in [0.5, 0.6) is 0 Å². The van der Waals surface area contributed by atoms with Crippen molar-refractivity contribution in [3.05, 3.63) is 34.0 Å². The number of hydrogen-bond acceptors (Lipinski definition) is 8. The van der Waals surface area contributed by atoms with Gasteiger partial charge >= 0.3 is 0 Å². The first-order valence-electron chi connectivity index (χ1n) is 10.3. The topological polar surface area (TPSA) is 105 Å². The van der Waals surface area contributed by atoms with Crippen LogP contribution in [0, 0.1) is 0 Å². The minimum atomic E-state index is -1.07. The SMILES string of the molecule is O[C@@H]1[C@H](O)[C@@H](CCc2ccc(Cl)s2)O[C@H]1n1cnc2c(NC3CCCC3)ncnc21. The van der Waals surface area contributed by atoms with Crippen LogP contribution in [-0.2, 0) is 11.2 Å². The molecule has 1 saturated heterocycles. The van der Waals surface area contributed by atoms with Crippen LogP contribution in [0.15, 0.2) is 24.8 Å². The van der Waals surface area contributed by atoms with Gasteiger partial charge < -0.3 is 20.3 Å². The molecule has 0 amide bonds. The Bertz CT molecular complexity index is 1020. The first kappa shape index (κ1) is 20.1. The zero-order valence-corrected chi connectivity index (χ0v) is 17.9. The molecular weight excluding hydrogens is 426 g/mol. The predicted octanol–water partition coefficient (Wildman–Crippen LogP) is 3.15. The maximum Gasteiger partial charge on any atom is 0.167 e. The van der Waals surface area contributed by atoms with Gasteiger partial charge in [0.25, 0.3) is 0 Å². The molecule has 1 saturated carbocycles. The lowest BCUT2D eigenvalue weighted by molar-refractivity contribution is -0.0367. The maximum absolute atomic E-state index is 10.7. The molecule has 3 N–H and O–H groups in total. The molecule has 2 aliphatic rings. The number of anilines is 1. The first-order valence-corrected chi connectivity index (χ1v) is 11.5. The summed E-state index contributed by atoms with van der Waals surface area (Å²) in [5.41, 5.74) is 1.22. The second-order valence-electron chi connectivity index (χ2n) is 7.96. The Hall–Kier alpha value is -1.78. The summed E-state index contributed by atoms with van der Waals surface area (Å²) in [6.07, 6.45) is 5.80. The molecule has 5 rings (SSSR count). The average Bonchev–Trinajstić information content (AvgIpc) is 3.52. The van der Waals surface area contributed by atoms with Gasteiger partial charge in [-0.15, -0.1) is 11.3 Å². The lowest BCUT2D eigenvalue weighted by Gasteiger charge is -2.17. The van der Waals surface area contributed by atoms with Gasteiger partial charge in [-0.05, 0) is 37.8 Å². The number of rotatable bonds is 6. The molecule has 4 heterocycles. The Kier molecular flexibility index (Phi) is 5.63. The van der Waals surface area contributed by atoms with Crippen molar-refractivity contribution in [2.45, 2.75) is 69.1 Å².